The van der Waals surface area contributed by atoms with Crippen molar-refractivity contribution in [3.63, 3.8) is 0 Å². The predicted octanol–water partition coefficient (Wildman–Crippen LogP) is 3.33. The average molecular weight is 290 g/mol. The smallest absolute Gasteiger partial charge is 0.0572 e. The van der Waals surface area contributed by atoms with Gasteiger partial charge in [-0.25, -0.2) is 0 Å². The highest BCUT2D eigenvalue weighted by Crippen LogP contribution is 2.26. The van der Waals surface area contributed by atoms with E-state index in [0.29, 0.717) is 5.69 Å². The van der Waals surface area contributed by atoms with Crippen molar-refractivity contribution in [2.45, 2.75) is 36.8 Å². The molecule has 0 saturated heterocycles. The third-order valence-corrected chi connectivity index (χ3v) is 5.37. The van der Waals surface area contributed by atoms with Crippen molar-refractivity contribution >= 4 is 32.4 Å². The Morgan fingerprint density at radius 1 is 1.40 bits per heavy atom. The van der Waals surface area contributed by atoms with Crippen molar-refractivity contribution in [3.05, 3.63) is 22.7 Å². The van der Waals surface area contributed by atoms with E-state index in [0.717, 1.165) is 22.2 Å². The van der Waals surface area contributed by atoms with Gasteiger partial charge in [-0.05, 0) is 47.0 Å². The molecule has 0 aliphatic carbocycles. The first kappa shape index (κ1) is 12.7. The lowest BCUT2D eigenvalue weighted by Crippen LogP contribution is -2.13. The summed E-state index contributed by atoms with van der Waals surface area (Å²) in [6.45, 7) is 4.13. The number of nitrogen functional groups attached to an aromatic ring is 1. The van der Waals surface area contributed by atoms with E-state index >= 15 is 0 Å². The zero-order valence-electron chi connectivity index (χ0n) is 9.00. The van der Waals surface area contributed by atoms with Crippen LogP contribution >= 0.6 is 15.9 Å². The number of hydrogen-bond donors (Lipinski definition) is 1. The van der Waals surface area contributed by atoms with Crippen LogP contribution in [-0.2, 0) is 10.8 Å². The standard InChI is InChI=1S/C11H16BrNOS/c1-3-9(4-2)15(14)11-6-5-8(13)7-10(11)12/h5-7,9H,3-4,13H2,1-2H3. The molecule has 0 heterocycles. The Bertz CT molecular complexity index is 364. The Labute approximate surface area is 102 Å². The summed E-state index contributed by atoms with van der Waals surface area (Å²) < 4.78 is 13.0. The molecule has 4 heteroatoms. The van der Waals surface area contributed by atoms with E-state index < -0.39 is 10.8 Å². The van der Waals surface area contributed by atoms with Gasteiger partial charge in [-0.1, -0.05) is 13.8 Å². The predicted molar refractivity (Wildman–Crippen MR) is 69.3 cm³/mol. The summed E-state index contributed by atoms with van der Waals surface area (Å²) in [4.78, 5) is 0.845. The van der Waals surface area contributed by atoms with Gasteiger partial charge >= 0.3 is 0 Å². The van der Waals surface area contributed by atoms with Crippen molar-refractivity contribution in [2.75, 3.05) is 5.73 Å². The van der Waals surface area contributed by atoms with Crippen molar-refractivity contribution in [1.29, 1.82) is 0 Å². The Balaban J connectivity index is 3.00. The maximum Gasteiger partial charge on any atom is 0.0572 e. The van der Waals surface area contributed by atoms with Gasteiger partial charge in [0.25, 0.3) is 0 Å². The molecule has 0 amide bonds. The van der Waals surface area contributed by atoms with Crippen LogP contribution in [0.15, 0.2) is 27.6 Å². The van der Waals surface area contributed by atoms with Crippen molar-refractivity contribution < 1.29 is 4.21 Å². The van der Waals surface area contributed by atoms with Crippen molar-refractivity contribution in [2.24, 2.45) is 0 Å². The molecule has 1 unspecified atom stereocenters. The van der Waals surface area contributed by atoms with Crippen LogP contribution in [0.3, 0.4) is 0 Å². The van der Waals surface area contributed by atoms with Gasteiger partial charge in [0.1, 0.15) is 0 Å². The van der Waals surface area contributed by atoms with E-state index in [1.807, 2.05) is 6.07 Å². The van der Waals surface area contributed by atoms with Gasteiger partial charge in [0.15, 0.2) is 0 Å². The van der Waals surface area contributed by atoms with Gasteiger partial charge in [-0.2, -0.15) is 0 Å². The molecule has 2 N–H and O–H groups in total. The van der Waals surface area contributed by atoms with E-state index in [1.54, 1.807) is 12.1 Å². The maximum atomic E-state index is 12.2. The van der Waals surface area contributed by atoms with Crippen LogP contribution in [0.2, 0.25) is 0 Å². The summed E-state index contributed by atoms with van der Waals surface area (Å²) >= 11 is 3.40. The number of rotatable bonds is 4. The minimum atomic E-state index is -0.944. The first-order chi connectivity index (χ1) is 7.10. The molecule has 2 nitrogen and oxygen atoms in total. The third kappa shape index (κ3) is 3.05. The number of hydrogen-bond acceptors (Lipinski definition) is 2. The fourth-order valence-corrected chi connectivity index (χ4v) is 3.74. The van der Waals surface area contributed by atoms with Crippen molar-refractivity contribution in [3.8, 4) is 0 Å². The molecule has 15 heavy (non-hydrogen) atoms. The summed E-state index contributed by atoms with van der Waals surface area (Å²) in [7, 11) is -0.944. The molecule has 1 rings (SSSR count). The van der Waals surface area contributed by atoms with Gasteiger partial charge in [0, 0.05) is 15.4 Å². The summed E-state index contributed by atoms with van der Waals surface area (Å²) in [6.07, 6.45) is 1.86. The van der Waals surface area contributed by atoms with Crippen LogP contribution in [0, 0.1) is 0 Å². The number of nitrogens with two attached hydrogens (primary N) is 1. The lowest BCUT2D eigenvalue weighted by Gasteiger charge is -2.13. The molecule has 0 aliphatic heterocycles. The second-order valence-corrected chi connectivity index (χ2v) is 5.98. The normalized spacial score (nSPS) is 13.1. The van der Waals surface area contributed by atoms with Gasteiger partial charge < -0.3 is 5.73 Å². The van der Waals surface area contributed by atoms with Crippen LogP contribution in [0.25, 0.3) is 0 Å². The second-order valence-electron chi connectivity index (χ2n) is 3.43. The van der Waals surface area contributed by atoms with Crippen LogP contribution in [0.1, 0.15) is 26.7 Å². The highest BCUT2D eigenvalue weighted by Gasteiger charge is 2.16. The molecular weight excluding hydrogens is 274 g/mol. The summed E-state index contributed by atoms with van der Waals surface area (Å²) in [6, 6.07) is 5.43. The van der Waals surface area contributed by atoms with Crippen molar-refractivity contribution in [1.82, 2.24) is 0 Å². The van der Waals surface area contributed by atoms with Gasteiger partial charge in [-0.3, -0.25) is 4.21 Å². The van der Waals surface area contributed by atoms with E-state index in [9.17, 15) is 4.21 Å². The fraction of sp³-hybridized carbons (Fsp3) is 0.455. The van der Waals surface area contributed by atoms with Gasteiger partial charge in [0.2, 0.25) is 0 Å². The molecule has 0 aromatic heterocycles. The molecule has 1 aromatic rings. The molecule has 0 radical (unpaired) electrons. The van der Waals surface area contributed by atoms with Gasteiger partial charge in [-0.15, -0.1) is 0 Å². The molecule has 84 valence electrons. The van der Waals surface area contributed by atoms with Crippen LogP contribution < -0.4 is 5.73 Å². The second kappa shape index (κ2) is 5.66. The molecule has 1 aromatic carbocycles. The molecule has 0 bridgehead atoms. The zero-order valence-corrected chi connectivity index (χ0v) is 11.4. The Morgan fingerprint density at radius 3 is 2.47 bits per heavy atom. The zero-order chi connectivity index (χ0) is 11.4. The Morgan fingerprint density at radius 2 is 2.00 bits per heavy atom. The van der Waals surface area contributed by atoms with Crippen LogP contribution in [-0.4, -0.2) is 9.46 Å². The molecule has 0 fully saturated rings. The monoisotopic (exact) mass is 289 g/mol. The lowest BCUT2D eigenvalue weighted by molar-refractivity contribution is 0.658. The highest BCUT2D eigenvalue weighted by atomic mass is 79.9. The average Bonchev–Trinajstić information content (AvgIpc) is 2.19. The molecule has 0 spiro atoms. The molecule has 0 saturated carbocycles. The Hall–Kier alpha value is -0.350. The van der Waals surface area contributed by atoms with E-state index in [1.165, 1.54) is 0 Å². The third-order valence-electron chi connectivity index (χ3n) is 2.39. The molecule has 0 aliphatic rings. The quantitative estimate of drug-likeness (QED) is 0.864. The fourth-order valence-electron chi connectivity index (χ4n) is 1.45. The van der Waals surface area contributed by atoms with Crippen LogP contribution in [0.4, 0.5) is 5.69 Å². The number of halogens is 1. The SMILES string of the molecule is CCC(CC)S(=O)c1ccc(N)cc1Br. The molecule has 1 atom stereocenters. The van der Waals surface area contributed by atoms with E-state index in [-0.39, 0.29) is 5.25 Å². The largest absolute Gasteiger partial charge is 0.399 e. The van der Waals surface area contributed by atoms with E-state index in [2.05, 4.69) is 29.8 Å². The molecular formula is C11H16BrNOS. The summed E-state index contributed by atoms with van der Waals surface area (Å²) in [5.41, 5.74) is 6.33. The first-order valence-corrected chi connectivity index (χ1v) is 7.06. The summed E-state index contributed by atoms with van der Waals surface area (Å²) in [5.74, 6) is 0. The van der Waals surface area contributed by atoms with Crippen LogP contribution in [0.5, 0.6) is 0 Å². The number of benzene rings is 1. The summed E-state index contributed by atoms with van der Waals surface area (Å²) in [5, 5.41) is 0.227. The maximum absolute atomic E-state index is 12.2. The van der Waals surface area contributed by atoms with Gasteiger partial charge in [0.05, 0.1) is 15.7 Å². The topological polar surface area (TPSA) is 43.1 Å². The number of anilines is 1. The minimum Gasteiger partial charge on any atom is -0.399 e. The highest BCUT2D eigenvalue weighted by molar-refractivity contribution is 9.10. The van der Waals surface area contributed by atoms with E-state index in [4.69, 9.17) is 5.73 Å². The Kier molecular flexibility index (Phi) is 4.80. The minimum absolute atomic E-state index is 0.227. The first-order valence-electron chi connectivity index (χ1n) is 5.05. The lowest BCUT2D eigenvalue weighted by atomic mass is 10.3.